The van der Waals surface area contributed by atoms with Gasteiger partial charge in [-0.15, -0.1) is 0 Å². The van der Waals surface area contributed by atoms with E-state index in [1.165, 1.54) is 4.90 Å². The minimum absolute atomic E-state index is 0.00417. The molecule has 2 rings (SSSR count). The number of amides is 2. The molecule has 120 valence electrons. The van der Waals surface area contributed by atoms with Gasteiger partial charge in [-0.25, -0.2) is 18.0 Å². The number of aliphatic carboxylic acids is 1. The standard InChI is InChI=1S/C12H20N2O6S/c15-11(16)10(8-21(18,19)7-9-1-2-9)13-12(17)14-3-5-20-6-4-14/h9-10H,1-8H2,(H,13,17)(H,15,16)/t10-/m0/s1. The van der Waals surface area contributed by atoms with Crippen molar-refractivity contribution in [1.82, 2.24) is 10.2 Å². The zero-order valence-corrected chi connectivity index (χ0v) is 12.5. The van der Waals surface area contributed by atoms with Crippen LogP contribution >= 0.6 is 0 Å². The molecule has 0 radical (unpaired) electrons. The topological polar surface area (TPSA) is 113 Å². The second-order valence-electron chi connectivity index (χ2n) is 5.46. The van der Waals surface area contributed by atoms with Crippen molar-refractivity contribution in [2.45, 2.75) is 18.9 Å². The van der Waals surface area contributed by atoms with E-state index in [1.54, 1.807) is 0 Å². The molecule has 0 unspecified atom stereocenters. The molecule has 2 aliphatic rings. The number of carboxylic acids is 1. The van der Waals surface area contributed by atoms with Crippen LogP contribution in [-0.4, -0.2) is 74.3 Å². The van der Waals surface area contributed by atoms with E-state index in [9.17, 15) is 18.0 Å². The van der Waals surface area contributed by atoms with Crippen molar-refractivity contribution in [2.24, 2.45) is 5.92 Å². The number of ether oxygens (including phenoxy) is 1. The largest absolute Gasteiger partial charge is 0.480 e. The SMILES string of the molecule is O=C(O)[C@H](CS(=O)(=O)CC1CC1)NC(=O)N1CCOCC1. The molecule has 0 aromatic heterocycles. The first-order chi connectivity index (χ1) is 9.87. The highest BCUT2D eigenvalue weighted by molar-refractivity contribution is 7.91. The van der Waals surface area contributed by atoms with Crippen LogP contribution in [0.1, 0.15) is 12.8 Å². The lowest BCUT2D eigenvalue weighted by atomic mass is 10.3. The van der Waals surface area contributed by atoms with E-state index in [0.717, 1.165) is 12.8 Å². The summed E-state index contributed by atoms with van der Waals surface area (Å²) in [6, 6.07) is -1.98. The second-order valence-corrected chi connectivity index (χ2v) is 7.61. The molecule has 2 amide bonds. The maximum Gasteiger partial charge on any atom is 0.327 e. The molecule has 1 aliphatic heterocycles. The number of nitrogens with zero attached hydrogens (tertiary/aromatic N) is 1. The Morgan fingerprint density at radius 1 is 1.29 bits per heavy atom. The van der Waals surface area contributed by atoms with Gasteiger partial charge in [-0.2, -0.15) is 0 Å². The van der Waals surface area contributed by atoms with Crippen molar-refractivity contribution >= 4 is 21.8 Å². The van der Waals surface area contributed by atoms with Crippen molar-refractivity contribution < 1.29 is 27.9 Å². The molecule has 0 spiro atoms. The molecule has 1 aliphatic carbocycles. The smallest absolute Gasteiger partial charge is 0.327 e. The number of nitrogens with one attached hydrogen (secondary N) is 1. The van der Waals surface area contributed by atoms with E-state index >= 15 is 0 Å². The fourth-order valence-electron chi connectivity index (χ4n) is 2.15. The molecular formula is C12H20N2O6S. The van der Waals surface area contributed by atoms with Crippen molar-refractivity contribution in [3.63, 3.8) is 0 Å². The molecule has 0 aromatic carbocycles. The summed E-state index contributed by atoms with van der Waals surface area (Å²) >= 11 is 0. The highest BCUT2D eigenvalue weighted by Crippen LogP contribution is 2.30. The molecule has 1 atom stereocenters. The van der Waals surface area contributed by atoms with E-state index in [1.807, 2.05) is 0 Å². The van der Waals surface area contributed by atoms with Gasteiger partial charge in [0.1, 0.15) is 6.04 Å². The van der Waals surface area contributed by atoms with Gasteiger partial charge in [-0.3, -0.25) is 0 Å². The van der Waals surface area contributed by atoms with E-state index < -0.39 is 33.6 Å². The fourth-order valence-corrected chi connectivity index (χ4v) is 4.07. The van der Waals surface area contributed by atoms with Gasteiger partial charge in [0.05, 0.1) is 24.7 Å². The van der Waals surface area contributed by atoms with E-state index in [4.69, 9.17) is 9.84 Å². The zero-order chi connectivity index (χ0) is 15.5. The molecule has 2 N–H and O–H groups in total. The van der Waals surface area contributed by atoms with Crippen LogP contribution in [0.25, 0.3) is 0 Å². The van der Waals surface area contributed by atoms with Crippen LogP contribution in [0.2, 0.25) is 0 Å². The Hall–Kier alpha value is -1.35. The van der Waals surface area contributed by atoms with Gasteiger partial charge in [0.2, 0.25) is 0 Å². The number of carbonyl (C=O) groups excluding carboxylic acids is 1. The number of sulfone groups is 1. The van der Waals surface area contributed by atoms with Crippen LogP contribution < -0.4 is 5.32 Å². The van der Waals surface area contributed by atoms with Crippen LogP contribution in [0.15, 0.2) is 0 Å². The summed E-state index contributed by atoms with van der Waals surface area (Å²) in [5.41, 5.74) is 0. The Labute approximate surface area is 123 Å². The van der Waals surface area contributed by atoms with Gasteiger partial charge >= 0.3 is 12.0 Å². The first-order valence-corrected chi connectivity index (χ1v) is 8.76. The molecule has 8 nitrogen and oxygen atoms in total. The van der Waals surface area contributed by atoms with Crippen LogP contribution in [0.3, 0.4) is 0 Å². The first kappa shape index (κ1) is 16.0. The summed E-state index contributed by atoms with van der Waals surface area (Å²) in [6.45, 7) is 1.52. The van der Waals surface area contributed by atoms with Crippen LogP contribution in [0, 0.1) is 5.92 Å². The number of urea groups is 1. The highest BCUT2D eigenvalue weighted by Gasteiger charge is 2.33. The number of hydrogen-bond acceptors (Lipinski definition) is 5. The predicted molar refractivity (Wildman–Crippen MR) is 73.7 cm³/mol. The quantitative estimate of drug-likeness (QED) is 0.669. The minimum Gasteiger partial charge on any atom is -0.480 e. The average molecular weight is 320 g/mol. The maximum atomic E-state index is 11.9. The van der Waals surface area contributed by atoms with Gasteiger partial charge in [-0.05, 0) is 18.8 Å². The van der Waals surface area contributed by atoms with Crippen molar-refractivity contribution in [1.29, 1.82) is 0 Å². The average Bonchev–Trinajstić information content (AvgIpc) is 3.21. The van der Waals surface area contributed by atoms with Crippen molar-refractivity contribution in [2.75, 3.05) is 37.8 Å². The Bertz CT molecular complexity index is 496. The Morgan fingerprint density at radius 2 is 1.90 bits per heavy atom. The lowest BCUT2D eigenvalue weighted by Gasteiger charge is -2.28. The van der Waals surface area contributed by atoms with Crippen LogP contribution in [-0.2, 0) is 19.4 Å². The van der Waals surface area contributed by atoms with Gasteiger partial charge < -0.3 is 20.1 Å². The third-order valence-electron chi connectivity index (χ3n) is 3.50. The lowest BCUT2D eigenvalue weighted by molar-refractivity contribution is -0.138. The van der Waals surface area contributed by atoms with Crippen molar-refractivity contribution in [3.8, 4) is 0 Å². The number of hydrogen-bond donors (Lipinski definition) is 2. The summed E-state index contributed by atoms with van der Waals surface area (Å²) in [4.78, 5) is 24.5. The van der Waals surface area contributed by atoms with Gasteiger partial charge in [-0.1, -0.05) is 0 Å². The van der Waals surface area contributed by atoms with Crippen LogP contribution in [0.4, 0.5) is 4.79 Å². The summed E-state index contributed by atoms with van der Waals surface area (Å²) in [6.07, 6.45) is 1.74. The monoisotopic (exact) mass is 320 g/mol. The summed E-state index contributed by atoms with van der Waals surface area (Å²) in [5, 5.41) is 11.4. The first-order valence-electron chi connectivity index (χ1n) is 6.94. The molecule has 2 fully saturated rings. The highest BCUT2D eigenvalue weighted by atomic mass is 32.2. The normalized spacial score (nSPS) is 20.9. The molecular weight excluding hydrogens is 300 g/mol. The Kier molecular flexibility index (Phi) is 5.04. The van der Waals surface area contributed by atoms with Gasteiger partial charge in [0.25, 0.3) is 0 Å². The van der Waals surface area contributed by atoms with E-state index in [2.05, 4.69) is 5.32 Å². The maximum absolute atomic E-state index is 11.9. The third-order valence-corrected chi connectivity index (χ3v) is 5.32. The molecule has 9 heteroatoms. The lowest BCUT2D eigenvalue weighted by Crippen LogP contribution is -2.53. The number of rotatable bonds is 6. The number of morpholine rings is 1. The van der Waals surface area contributed by atoms with Gasteiger partial charge in [0.15, 0.2) is 9.84 Å². The summed E-state index contributed by atoms with van der Waals surface area (Å²) < 4.78 is 28.9. The summed E-state index contributed by atoms with van der Waals surface area (Å²) in [7, 11) is -3.48. The third kappa shape index (κ3) is 5.16. The second kappa shape index (κ2) is 6.61. The molecule has 0 aromatic rings. The van der Waals surface area contributed by atoms with E-state index in [-0.39, 0.29) is 11.7 Å². The van der Waals surface area contributed by atoms with Crippen LogP contribution in [0.5, 0.6) is 0 Å². The van der Waals surface area contributed by atoms with Gasteiger partial charge in [0, 0.05) is 13.1 Å². The van der Waals surface area contributed by atoms with Crippen molar-refractivity contribution in [3.05, 3.63) is 0 Å². The van der Waals surface area contributed by atoms with E-state index in [0.29, 0.717) is 26.3 Å². The summed E-state index contributed by atoms with van der Waals surface area (Å²) in [5.74, 6) is -1.74. The number of carbonyl (C=O) groups is 2. The molecule has 0 bridgehead atoms. The fraction of sp³-hybridized carbons (Fsp3) is 0.833. The number of carboxylic acid groups (broad SMARTS) is 1. The predicted octanol–water partition coefficient (Wildman–Crippen LogP) is -0.694. The zero-order valence-electron chi connectivity index (χ0n) is 11.7. The molecule has 1 saturated heterocycles. The molecule has 1 heterocycles. The molecule has 1 saturated carbocycles. The Balaban J connectivity index is 1.91. The molecule has 21 heavy (non-hydrogen) atoms. The Morgan fingerprint density at radius 3 is 2.43 bits per heavy atom. The minimum atomic E-state index is -3.48.